The van der Waals surface area contributed by atoms with E-state index in [2.05, 4.69) is 0 Å². The first kappa shape index (κ1) is 14.1. The lowest BCUT2D eigenvalue weighted by Gasteiger charge is -2.25. The van der Waals surface area contributed by atoms with Crippen LogP contribution in [-0.2, 0) is 11.3 Å². The normalized spacial score (nSPS) is 24.1. The van der Waals surface area contributed by atoms with Gasteiger partial charge in [0.1, 0.15) is 5.75 Å². The fraction of sp³-hybridized carbons (Fsp3) is 0.471. The molecule has 2 aliphatic carbocycles. The summed E-state index contributed by atoms with van der Waals surface area (Å²) in [6, 6.07) is 8.37. The van der Waals surface area contributed by atoms with E-state index in [0.717, 1.165) is 30.6 Å². The summed E-state index contributed by atoms with van der Waals surface area (Å²) in [5.41, 5.74) is 7.01. The van der Waals surface area contributed by atoms with Gasteiger partial charge in [0, 0.05) is 18.6 Å². The average molecular weight is 286 g/mol. The van der Waals surface area contributed by atoms with Gasteiger partial charge in [-0.1, -0.05) is 24.3 Å². The molecular weight excluding hydrogens is 264 g/mol. The van der Waals surface area contributed by atoms with E-state index >= 15 is 0 Å². The van der Waals surface area contributed by atoms with Gasteiger partial charge in [0.25, 0.3) is 0 Å². The molecule has 1 fully saturated rings. The van der Waals surface area contributed by atoms with Gasteiger partial charge in [0.2, 0.25) is 5.91 Å². The summed E-state index contributed by atoms with van der Waals surface area (Å²) in [5, 5.41) is 0. The highest BCUT2D eigenvalue weighted by molar-refractivity contribution is 5.81. The maximum absolute atomic E-state index is 12.7. The van der Waals surface area contributed by atoms with Crippen molar-refractivity contribution in [2.75, 3.05) is 7.11 Å². The van der Waals surface area contributed by atoms with Gasteiger partial charge < -0.3 is 15.4 Å². The second-order valence-corrected chi connectivity index (χ2v) is 5.94. The van der Waals surface area contributed by atoms with Crippen LogP contribution in [0.25, 0.3) is 0 Å². The second-order valence-electron chi connectivity index (χ2n) is 5.94. The second kappa shape index (κ2) is 5.90. The Kier molecular flexibility index (Phi) is 3.97. The van der Waals surface area contributed by atoms with Crippen molar-refractivity contribution in [3.8, 4) is 5.75 Å². The topological polar surface area (TPSA) is 55.6 Å². The van der Waals surface area contributed by atoms with Crippen LogP contribution in [0.4, 0.5) is 0 Å². The van der Waals surface area contributed by atoms with Gasteiger partial charge in [-0.3, -0.25) is 4.79 Å². The standard InChI is InChI=1S/C17H22N2O2/c1-21-16-8-2-12(3-9-16)11-19(15-6-7-15)17(20)13-4-5-14(18)10-13/h2-5,8-9,13-15H,6-7,10-11,18H2,1H3. The largest absolute Gasteiger partial charge is 0.497 e. The third-order valence-corrected chi connectivity index (χ3v) is 4.22. The number of hydrogen-bond donors (Lipinski definition) is 1. The predicted molar refractivity (Wildman–Crippen MR) is 81.8 cm³/mol. The van der Waals surface area contributed by atoms with Gasteiger partial charge in [-0.05, 0) is 37.0 Å². The van der Waals surface area contributed by atoms with Crippen LogP contribution in [0.3, 0.4) is 0 Å². The number of carbonyl (C=O) groups excluding carboxylic acids is 1. The van der Waals surface area contributed by atoms with Crippen molar-refractivity contribution >= 4 is 5.91 Å². The molecule has 1 amide bonds. The molecule has 4 heteroatoms. The van der Waals surface area contributed by atoms with Gasteiger partial charge in [-0.25, -0.2) is 0 Å². The van der Waals surface area contributed by atoms with E-state index in [9.17, 15) is 4.79 Å². The summed E-state index contributed by atoms with van der Waals surface area (Å²) < 4.78 is 5.17. The Morgan fingerprint density at radius 3 is 2.52 bits per heavy atom. The zero-order chi connectivity index (χ0) is 14.8. The van der Waals surface area contributed by atoms with Crippen LogP contribution in [0.1, 0.15) is 24.8 Å². The fourth-order valence-corrected chi connectivity index (χ4v) is 2.82. The maximum Gasteiger partial charge on any atom is 0.230 e. The SMILES string of the molecule is COc1ccc(CN(C(=O)C2C=CC(N)C2)C2CC2)cc1. The molecule has 1 saturated carbocycles. The number of ether oxygens (including phenoxy) is 1. The number of hydrogen-bond acceptors (Lipinski definition) is 3. The quantitative estimate of drug-likeness (QED) is 0.843. The molecule has 3 rings (SSSR count). The van der Waals surface area contributed by atoms with Crippen LogP contribution in [0.2, 0.25) is 0 Å². The minimum Gasteiger partial charge on any atom is -0.497 e. The van der Waals surface area contributed by atoms with Crippen molar-refractivity contribution < 1.29 is 9.53 Å². The third-order valence-electron chi connectivity index (χ3n) is 4.22. The summed E-state index contributed by atoms with van der Waals surface area (Å²) in [6.07, 6.45) is 6.89. The average Bonchev–Trinajstić information content (AvgIpc) is 3.26. The van der Waals surface area contributed by atoms with E-state index in [1.54, 1.807) is 7.11 Å². The molecule has 2 unspecified atom stereocenters. The van der Waals surface area contributed by atoms with Crippen LogP contribution >= 0.6 is 0 Å². The van der Waals surface area contributed by atoms with Crippen molar-refractivity contribution in [3.05, 3.63) is 42.0 Å². The zero-order valence-electron chi connectivity index (χ0n) is 12.4. The highest BCUT2D eigenvalue weighted by Gasteiger charge is 2.36. The van der Waals surface area contributed by atoms with E-state index in [4.69, 9.17) is 10.5 Å². The lowest BCUT2D eigenvalue weighted by molar-refractivity contribution is -0.135. The Labute approximate surface area is 125 Å². The Hall–Kier alpha value is -1.81. The van der Waals surface area contributed by atoms with E-state index in [0.29, 0.717) is 12.6 Å². The Balaban J connectivity index is 1.69. The van der Waals surface area contributed by atoms with E-state index in [1.165, 1.54) is 0 Å². The zero-order valence-corrected chi connectivity index (χ0v) is 12.4. The summed E-state index contributed by atoms with van der Waals surface area (Å²) >= 11 is 0. The van der Waals surface area contributed by atoms with Crippen LogP contribution in [0, 0.1) is 5.92 Å². The van der Waals surface area contributed by atoms with Crippen LogP contribution in [0.5, 0.6) is 5.75 Å². The molecule has 0 aliphatic heterocycles. The first-order valence-corrected chi connectivity index (χ1v) is 7.54. The van der Waals surface area contributed by atoms with Crippen LogP contribution < -0.4 is 10.5 Å². The minimum atomic E-state index is -0.0427. The van der Waals surface area contributed by atoms with Crippen molar-refractivity contribution in [2.45, 2.75) is 37.9 Å². The Morgan fingerprint density at radius 2 is 2.00 bits per heavy atom. The molecule has 1 aromatic rings. The number of amides is 1. The number of benzene rings is 1. The van der Waals surface area contributed by atoms with Gasteiger partial charge in [-0.2, -0.15) is 0 Å². The molecule has 0 bridgehead atoms. The smallest absolute Gasteiger partial charge is 0.230 e. The molecule has 0 spiro atoms. The number of nitrogens with two attached hydrogens (primary N) is 1. The predicted octanol–water partition coefficient (Wildman–Crippen LogP) is 2.09. The first-order valence-electron chi connectivity index (χ1n) is 7.54. The molecule has 2 aliphatic rings. The molecule has 0 heterocycles. The molecule has 0 aromatic heterocycles. The number of nitrogens with zero attached hydrogens (tertiary/aromatic N) is 1. The van der Waals surface area contributed by atoms with E-state index in [-0.39, 0.29) is 17.9 Å². The van der Waals surface area contributed by atoms with Crippen LogP contribution in [-0.4, -0.2) is 30.0 Å². The summed E-state index contributed by atoms with van der Waals surface area (Å²) in [5.74, 6) is 1.02. The molecule has 112 valence electrons. The molecule has 0 radical (unpaired) electrons. The first-order chi connectivity index (χ1) is 10.2. The number of carbonyl (C=O) groups is 1. The lowest BCUT2D eigenvalue weighted by atomic mass is 10.1. The molecule has 0 saturated heterocycles. The Morgan fingerprint density at radius 1 is 1.29 bits per heavy atom. The van der Waals surface area contributed by atoms with E-state index < -0.39 is 0 Å². The number of rotatable bonds is 5. The summed E-state index contributed by atoms with van der Waals surface area (Å²) in [4.78, 5) is 14.7. The molecule has 2 atom stereocenters. The fourth-order valence-electron chi connectivity index (χ4n) is 2.82. The summed E-state index contributed by atoms with van der Waals surface area (Å²) in [6.45, 7) is 0.674. The molecule has 21 heavy (non-hydrogen) atoms. The van der Waals surface area contributed by atoms with Gasteiger partial charge >= 0.3 is 0 Å². The van der Waals surface area contributed by atoms with Gasteiger partial charge in [0.15, 0.2) is 0 Å². The molecular formula is C17H22N2O2. The van der Waals surface area contributed by atoms with E-state index in [1.807, 2.05) is 41.3 Å². The molecule has 2 N–H and O–H groups in total. The van der Waals surface area contributed by atoms with Crippen molar-refractivity contribution in [2.24, 2.45) is 11.7 Å². The van der Waals surface area contributed by atoms with Gasteiger partial charge in [-0.15, -0.1) is 0 Å². The van der Waals surface area contributed by atoms with Gasteiger partial charge in [0.05, 0.1) is 13.0 Å². The van der Waals surface area contributed by atoms with Crippen molar-refractivity contribution in [1.82, 2.24) is 4.90 Å². The Bertz CT molecular complexity index is 534. The summed E-state index contributed by atoms with van der Waals surface area (Å²) in [7, 11) is 1.66. The molecule has 4 nitrogen and oxygen atoms in total. The molecule has 1 aromatic carbocycles. The maximum atomic E-state index is 12.7. The van der Waals surface area contributed by atoms with Crippen molar-refractivity contribution in [1.29, 1.82) is 0 Å². The highest BCUT2D eigenvalue weighted by Crippen LogP contribution is 2.32. The number of methoxy groups -OCH3 is 1. The monoisotopic (exact) mass is 286 g/mol. The lowest BCUT2D eigenvalue weighted by Crippen LogP contribution is -2.37. The highest BCUT2D eigenvalue weighted by atomic mass is 16.5. The minimum absolute atomic E-state index is 0.0287. The third kappa shape index (κ3) is 3.27. The van der Waals surface area contributed by atoms with Crippen LogP contribution in [0.15, 0.2) is 36.4 Å². The van der Waals surface area contributed by atoms with Crippen molar-refractivity contribution in [3.63, 3.8) is 0 Å².